The average molecular weight is 300 g/mol. The van der Waals surface area contributed by atoms with E-state index in [-0.39, 0.29) is 5.91 Å². The van der Waals surface area contributed by atoms with Crippen LogP contribution < -0.4 is 5.32 Å². The summed E-state index contributed by atoms with van der Waals surface area (Å²) in [7, 11) is 0. The first-order chi connectivity index (χ1) is 10.7. The lowest BCUT2D eigenvalue weighted by molar-refractivity contribution is 0.0949. The van der Waals surface area contributed by atoms with Gasteiger partial charge in [0, 0.05) is 23.6 Å². The van der Waals surface area contributed by atoms with Crippen molar-refractivity contribution in [2.24, 2.45) is 0 Å². The molecule has 5 nitrogen and oxygen atoms in total. The Hall–Kier alpha value is -2.04. The van der Waals surface area contributed by atoms with Gasteiger partial charge in [0.2, 0.25) is 0 Å². The van der Waals surface area contributed by atoms with E-state index in [1.54, 1.807) is 12.5 Å². The minimum absolute atomic E-state index is 0.00948. The van der Waals surface area contributed by atoms with Crippen LogP contribution in [0.3, 0.4) is 0 Å². The summed E-state index contributed by atoms with van der Waals surface area (Å²) >= 11 is 0. The molecule has 2 aromatic heterocycles. The van der Waals surface area contributed by atoms with Crippen molar-refractivity contribution in [1.82, 2.24) is 19.9 Å². The molecule has 0 unspecified atom stereocenters. The van der Waals surface area contributed by atoms with Crippen molar-refractivity contribution in [2.45, 2.75) is 58.5 Å². The molecule has 2 heterocycles. The third-order valence-electron chi connectivity index (χ3n) is 4.66. The molecule has 1 aliphatic rings. The fourth-order valence-corrected chi connectivity index (χ4v) is 3.56. The Labute approximate surface area is 131 Å². The molecule has 0 aliphatic heterocycles. The number of hydrogen-bond donors (Lipinski definition) is 2. The summed E-state index contributed by atoms with van der Waals surface area (Å²) in [6.07, 6.45) is 9.73. The molecule has 118 valence electrons. The summed E-state index contributed by atoms with van der Waals surface area (Å²) in [5.74, 6) is -0.00948. The van der Waals surface area contributed by atoms with Gasteiger partial charge in [-0.15, -0.1) is 0 Å². The number of aromatic nitrogens is 3. The SMILES string of the molecule is Cc1cc(C(=O)NCc2cnc[nH]2)c(C)n1C1CCCCC1. The average Bonchev–Trinajstić information content (AvgIpc) is 3.14. The van der Waals surface area contributed by atoms with E-state index >= 15 is 0 Å². The number of hydrogen-bond acceptors (Lipinski definition) is 2. The second-order valence-electron chi connectivity index (χ2n) is 6.21. The van der Waals surface area contributed by atoms with Crippen LogP contribution in [0.25, 0.3) is 0 Å². The fraction of sp³-hybridized carbons (Fsp3) is 0.529. The summed E-state index contributed by atoms with van der Waals surface area (Å²) in [6, 6.07) is 2.58. The highest BCUT2D eigenvalue weighted by molar-refractivity contribution is 5.95. The topological polar surface area (TPSA) is 62.7 Å². The lowest BCUT2D eigenvalue weighted by Crippen LogP contribution is -2.24. The Kier molecular flexibility index (Phi) is 4.32. The molecule has 5 heteroatoms. The number of amides is 1. The van der Waals surface area contributed by atoms with Crippen molar-refractivity contribution in [1.29, 1.82) is 0 Å². The number of rotatable bonds is 4. The normalized spacial score (nSPS) is 15.9. The smallest absolute Gasteiger partial charge is 0.253 e. The van der Waals surface area contributed by atoms with E-state index in [0.717, 1.165) is 17.0 Å². The third kappa shape index (κ3) is 2.93. The zero-order chi connectivity index (χ0) is 15.5. The molecular weight excluding hydrogens is 276 g/mol. The first-order valence-corrected chi connectivity index (χ1v) is 8.10. The van der Waals surface area contributed by atoms with E-state index in [1.165, 1.54) is 37.8 Å². The van der Waals surface area contributed by atoms with Gasteiger partial charge in [-0.2, -0.15) is 0 Å². The van der Waals surface area contributed by atoms with Gasteiger partial charge in [0.25, 0.3) is 5.91 Å². The largest absolute Gasteiger partial charge is 0.347 e. The molecule has 0 saturated heterocycles. The molecule has 0 atom stereocenters. The van der Waals surface area contributed by atoms with E-state index in [4.69, 9.17) is 0 Å². The van der Waals surface area contributed by atoms with Gasteiger partial charge < -0.3 is 14.9 Å². The fourth-order valence-electron chi connectivity index (χ4n) is 3.56. The highest BCUT2D eigenvalue weighted by Crippen LogP contribution is 2.32. The van der Waals surface area contributed by atoms with Crippen LogP contribution in [0.1, 0.15) is 65.6 Å². The third-order valence-corrected chi connectivity index (χ3v) is 4.66. The van der Waals surface area contributed by atoms with Gasteiger partial charge >= 0.3 is 0 Å². The summed E-state index contributed by atoms with van der Waals surface area (Å²) < 4.78 is 2.37. The number of H-pyrrole nitrogens is 1. The van der Waals surface area contributed by atoms with Crippen LogP contribution in [0.15, 0.2) is 18.6 Å². The maximum absolute atomic E-state index is 12.5. The quantitative estimate of drug-likeness (QED) is 0.910. The highest BCUT2D eigenvalue weighted by atomic mass is 16.1. The van der Waals surface area contributed by atoms with Crippen LogP contribution in [0.4, 0.5) is 0 Å². The Morgan fingerprint density at radius 2 is 2.14 bits per heavy atom. The van der Waals surface area contributed by atoms with Crippen molar-refractivity contribution in [3.8, 4) is 0 Å². The molecule has 0 radical (unpaired) electrons. The standard InChI is InChI=1S/C17H24N4O/c1-12-8-16(17(22)19-10-14-9-18-11-20-14)13(2)21(12)15-6-4-3-5-7-15/h8-9,11,15H,3-7,10H2,1-2H3,(H,18,20)(H,19,22). The number of aromatic amines is 1. The van der Waals surface area contributed by atoms with Gasteiger partial charge in [-0.1, -0.05) is 19.3 Å². The molecule has 1 aliphatic carbocycles. The number of aryl methyl sites for hydroxylation is 1. The van der Waals surface area contributed by atoms with E-state index in [1.807, 2.05) is 6.07 Å². The van der Waals surface area contributed by atoms with Crippen LogP contribution in [0.2, 0.25) is 0 Å². The number of carbonyl (C=O) groups is 1. The summed E-state index contributed by atoms with van der Waals surface area (Å²) in [4.78, 5) is 19.4. The number of imidazole rings is 1. The van der Waals surface area contributed by atoms with E-state index in [9.17, 15) is 4.79 Å². The van der Waals surface area contributed by atoms with Crippen molar-refractivity contribution < 1.29 is 4.79 Å². The molecule has 1 saturated carbocycles. The Balaban J connectivity index is 1.74. The van der Waals surface area contributed by atoms with E-state index in [0.29, 0.717) is 12.6 Å². The molecule has 1 fully saturated rings. The molecule has 2 N–H and O–H groups in total. The maximum atomic E-state index is 12.5. The molecule has 2 aromatic rings. The van der Waals surface area contributed by atoms with Gasteiger partial charge in [-0.25, -0.2) is 4.98 Å². The predicted molar refractivity (Wildman–Crippen MR) is 85.8 cm³/mol. The number of nitrogens with zero attached hydrogens (tertiary/aromatic N) is 2. The summed E-state index contributed by atoms with van der Waals surface area (Å²) in [6.45, 7) is 4.64. The van der Waals surface area contributed by atoms with E-state index in [2.05, 4.69) is 33.7 Å². The second kappa shape index (κ2) is 6.38. The molecule has 0 bridgehead atoms. The van der Waals surface area contributed by atoms with Crippen LogP contribution in [0, 0.1) is 13.8 Å². The molecular formula is C17H24N4O. The molecule has 22 heavy (non-hydrogen) atoms. The van der Waals surface area contributed by atoms with Gasteiger partial charge in [-0.05, 0) is 32.8 Å². The van der Waals surface area contributed by atoms with Crippen LogP contribution >= 0.6 is 0 Å². The van der Waals surface area contributed by atoms with Gasteiger partial charge in [0.05, 0.1) is 24.1 Å². The minimum atomic E-state index is -0.00948. The lowest BCUT2D eigenvalue weighted by atomic mass is 9.95. The second-order valence-corrected chi connectivity index (χ2v) is 6.21. The first-order valence-electron chi connectivity index (χ1n) is 8.10. The zero-order valence-electron chi connectivity index (χ0n) is 13.4. The molecule has 3 rings (SSSR count). The lowest BCUT2D eigenvalue weighted by Gasteiger charge is -2.26. The molecule has 0 aromatic carbocycles. The maximum Gasteiger partial charge on any atom is 0.253 e. The van der Waals surface area contributed by atoms with Gasteiger partial charge in [0.15, 0.2) is 0 Å². The Morgan fingerprint density at radius 1 is 1.36 bits per heavy atom. The van der Waals surface area contributed by atoms with Gasteiger partial charge in [0.1, 0.15) is 0 Å². The minimum Gasteiger partial charge on any atom is -0.347 e. The number of carbonyl (C=O) groups excluding carboxylic acids is 1. The first kappa shape index (κ1) is 14.9. The van der Waals surface area contributed by atoms with E-state index < -0.39 is 0 Å². The van der Waals surface area contributed by atoms with Crippen molar-refractivity contribution in [3.63, 3.8) is 0 Å². The Morgan fingerprint density at radius 3 is 2.82 bits per heavy atom. The Bertz CT molecular complexity index is 636. The highest BCUT2D eigenvalue weighted by Gasteiger charge is 2.22. The zero-order valence-corrected chi connectivity index (χ0v) is 13.4. The molecule has 1 amide bonds. The molecule has 0 spiro atoms. The van der Waals surface area contributed by atoms with Crippen molar-refractivity contribution in [2.75, 3.05) is 0 Å². The van der Waals surface area contributed by atoms with Crippen molar-refractivity contribution >= 4 is 5.91 Å². The van der Waals surface area contributed by atoms with Crippen LogP contribution in [0.5, 0.6) is 0 Å². The monoisotopic (exact) mass is 300 g/mol. The number of nitrogens with one attached hydrogen (secondary N) is 2. The summed E-state index contributed by atoms with van der Waals surface area (Å²) in [5.41, 5.74) is 3.99. The van der Waals surface area contributed by atoms with Crippen LogP contribution in [-0.2, 0) is 6.54 Å². The summed E-state index contributed by atoms with van der Waals surface area (Å²) in [5, 5.41) is 2.96. The predicted octanol–water partition coefficient (Wildman–Crippen LogP) is 3.26. The van der Waals surface area contributed by atoms with Crippen molar-refractivity contribution in [3.05, 3.63) is 41.2 Å². The van der Waals surface area contributed by atoms with Crippen LogP contribution in [-0.4, -0.2) is 20.4 Å². The van der Waals surface area contributed by atoms with Gasteiger partial charge in [-0.3, -0.25) is 4.79 Å².